The van der Waals surface area contributed by atoms with Crippen molar-refractivity contribution in [3.8, 4) is 5.75 Å². The van der Waals surface area contributed by atoms with Crippen LogP contribution in [0, 0.1) is 0 Å². The number of carbonyl (C=O) groups is 1. The first-order valence-corrected chi connectivity index (χ1v) is 10.3. The molecule has 1 saturated heterocycles. The topological polar surface area (TPSA) is 122 Å². The van der Waals surface area contributed by atoms with Gasteiger partial charge < -0.3 is 24.0 Å². The Morgan fingerprint density at radius 2 is 1.97 bits per heavy atom. The minimum Gasteiger partial charge on any atom is -0.502 e. The molecule has 0 bridgehead atoms. The maximum absolute atomic E-state index is 12.9. The van der Waals surface area contributed by atoms with Crippen molar-refractivity contribution < 1.29 is 23.8 Å². The fourth-order valence-corrected chi connectivity index (χ4v) is 3.87. The summed E-state index contributed by atoms with van der Waals surface area (Å²) in [7, 11) is 1.23. The number of hydrogen-bond acceptors (Lipinski definition) is 8. The number of morpholine rings is 1. The molecule has 32 heavy (non-hydrogen) atoms. The zero-order valence-corrected chi connectivity index (χ0v) is 17.6. The van der Waals surface area contributed by atoms with E-state index in [4.69, 9.17) is 13.9 Å². The molecule has 1 aromatic carbocycles. The second-order valence-corrected chi connectivity index (χ2v) is 7.65. The highest BCUT2D eigenvalue weighted by molar-refractivity contribution is 5.79. The average Bonchev–Trinajstić information content (AvgIpc) is 2.80. The molecule has 0 spiro atoms. The van der Waals surface area contributed by atoms with Crippen LogP contribution in [0.1, 0.15) is 29.4 Å². The number of rotatable bonds is 6. The SMILES string of the molecule is COC(=O)C[C@@H](c1oc(CN2CCOCC2)cc(=O)c1O)c1cc2ccccc2[nH]c1=O. The Hall–Kier alpha value is -3.43. The van der Waals surface area contributed by atoms with Crippen molar-refractivity contribution in [2.45, 2.75) is 18.9 Å². The van der Waals surface area contributed by atoms with E-state index in [2.05, 4.69) is 9.88 Å². The lowest BCUT2D eigenvalue weighted by Crippen LogP contribution is -2.35. The van der Waals surface area contributed by atoms with Gasteiger partial charge in [0.2, 0.25) is 11.2 Å². The van der Waals surface area contributed by atoms with E-state index in [0.717, 1.165) is 5.39 Å². The first-order chi connectivity index (χ1) is 15.5. The molecule has 0 unspecified atom stereocenters. The summed E-state index contributed by atoms with van der Waals surface area (Å²) in [6.45, 7) is 2.84. The van der Waals surface area contributed by atoms with Gasteiger partial charge in [-0.15, -0.1) is 0 Å². The Morgan fingerprint density at radius 1 is 1.22 bits per heavy atom. The molecule has 0 aliphatic carbocycles. The molecule has 2 aromatic heterocycles. The molecule has 2 N–H and O–H groups in total. The third-order valence-electron chi connectivity index (χ3n) is 5.56. The highest BCUT2D eigenvalue weighted by Crippen LogP contribution is 2.33. The molecule has 1 fully saturated rings. The highest BCUT2D eigenvalue weighted by Gasteiger charge is 2.29. The zero-order chi connectivity index (χ0) is 22.7. The number of pyridine rings is 1. The maximum Gasteiger partial charge on any atom is 0.306 e. The second kappa shape index (κ2) is 9.37. The van der Waals surface area contributed by atoms with Gasteiger partial charge in [0.25, 0.3) is 5.56 Å². The molecule has 168 valence electrons. The van der Waals surface area contributed by atoms with E-state index in [1.165, 1.54) is 13.2 Å². The fraction of sp³-hybridized carbons (Fsp3) is 0.348. The smallest absolute Gasteiger partial charge is 0.306 e. The van der Waals surface area contributed by atoms with Crippen LogP contribution >= 0.6 is 0 Å². The number of H-pyrrole nitrogens is 1. The summed E-state index contributed by atoms with van der Waals surface area (Å²) in [5, 5.41) is 11.3. The number of aromatic hydroxyl groups is 1. The van der Waals surface area contributed by atoms with E-state index in [0.29, 0.717) is 44.1 Å². The molecule has 3 heterocycles. The summed E-state index contributed by atoms with van der Waals surface area (Å²) in [5.41, 5.74) is -0.263. The van der Waals surface area contributed by atoms with Crippen LogP contribution in [-0.4, -0.2) is 54.4 Å². The van der Waals surface area contributed by atoms with Gasteiger partial charge in [0.15, 0.2) is 5.76 Å². The Bertz CT molecular complexity index is 1240. The summed E-state index contributed by atoms with van der Waals surface area (Å²) < 4.78 is 16.1. The number of aromatic amines is 1. The van der Waals surface area contributed by atoms with E-state index >= 15 is 0 Å². The summed E-state index contributed by atoms with van der Waals surface area (Å²) in [6.07, 6.45) is -0.282. The van der Waals surface area contributed by atoms with Crippen molar-refractivity contribution in [2.24, 2.45) is 0 Å². The number of methoxy groups -OCH3 is 1. The lowest BCUT2D eigenvalue weighted by Gasteiger charge is -2.26. The molecule has 0 radical (unpaired) electrons. The van der Waals surface area contributed by atoms with Crippen molar-refractivity contribution in [1.29, 1.82) is 0 Å². The lowest BCUT2D eigenvalue weighted by atomic mass is 9.92. The molecule has 9 nitrogen and oxygen atoms in total. The monoisotopic (exact) mass is 440 g/mol. The molecule has 1 aliphatic rings. The number of benzene rings is 1. The van der Waals surface area contributed by atoms with Crippen molar-refractivity contribution in [2.75, 3.05) is 33.4 Å². The normalized spacial score (nSPS) is 15.5. The molecule has 9 heteroatoms. The Labute approximate surface area is 183 Å². The Balaban J connectivity index is 1.81. The Kier molecular flexibility index (Phi) is 6.38. The number of ether oxygens (including phenoxy) is 2. The van der Waals surface area contributed by atoms with Crippen LogP contribution in [-0.2, 0) is 20.8 Å². The Morgan fingerprint density at radius 3 is 2.72 bits per heavy atom. The molecular weight excluding hydrogens is 416 g/mol. The van der Waals surface area contributed by atoms with Crippen LogP contribution < -0.4 is 11.0 Å². The first-order valence-electron chi connectivity index (χ1n) is 10.3. The quantitative estimate of drug-likeness (QED) is 0.556. The third kappa shape index (κ3) is 4.58. The van der Waals surface area contributed by atoms with Crippen molar-refractivity contribution >= 4 is 16.9 Å². The van der Waals surface area contributed by atoms with E-state index in [1.807, 2.05) is 12.1 Å². The van der Waals surface area contributed by atoms with Gasteiger partial charge in [-0.1, -0.05) is 18.2 Å². The van der Waals surface area contributed by atoms with Gasteiger partial charge in [0.05, 0.1) is 39.2 Å². The predicted molar refractivity (Wildman–Crippen MR) is 116 cm³/mol. The van der Waals surface area contributed by atoms with Crippen LogP contribution in [0.2, 0.25) is 0 Å². The van der Waals surface area contributed by atoms with E-state index < -0.39 is 28.6 Å². The van der Waals surface area contributed by atoms with Crippen molar-refractivity contribution in [1.82, 2.24) is 9.88 Å². The minimum atomic E-state index is -1.01. The van der Waals surface area contributed by atoms with Gasteiger partial charge in [-0.3, -0.25) is 19.3 Å². The second-order valence-electron chi connectivity index (χ2n) is 7.65. The van der Waals surface area contributed by atoms with Gasteiger partial charge in [-0.25, -0.2) is 0 Å². The van der Waals surface area contributed by atoms with Crippen molar-refractivity contribution in [3.63, 3.8) is 0 Å². The predicted octanol–water partition coefficient (Wildman–Crippen LogP) is 1.71. The first kappa shape index (κ1) is 21.8. The van der Waals surface area contributed by atoms with Crippen LogP contribution in [0.25, 0.3) is 10.9 Å². The lowest BCUT2D eigenvalue weighted by molar-refractivity contribution is -0.140. The van der Waals surface area contributed by atoms with E-state index in [1.54, 1.807) is 18.2 Å². The number of para-hydroxylation sites is 1. The molecule has 3 aromatic rings. The molecular formula is C23H24N2O7. The number of nitrogens with zero attached hydrogens (tertiary/aromatic N) is 1. The molecule has 4 rings (SSSR count). The van der Waals surface area contributed by atoms with Crippen LogP contribution in [0.5, 0.6) is 5.75 Å². The number of hydrogen-bond donors (Lipinski definition) is 2. The molecule has 1 aliphatic heterocycles. The number of aromatic nitrogens is 1. The standard InChI is InChI=1S/C23H24N2O7/c1-30-20(27)12-16(17-10-14-4-2-3-5-18(14)24-23(17)29)22-21(28)19(26)11-15(32-22)13-25-6-8-31-9-7-25/h2-5,10-11,16,28H,6-9,12-13H2,1H3,(H,24,29)/t16-/m1/s1. The van der Waals surface area contributed by atoms with Gasteiger partial charge in [0.1, 0.15) is 5.76 Å². The van der Waals surface area contributed by atoms with E-state index in [-0.39, 0.29) is 17.7 Å². The van der Waals surface area contributed by atoms with Gasteiger partial charge in [-0.2, -0.15) is 0 Å². The minimum absolute atomic E-state index is 0.132. The van der Waals surface area contributed by atoms with Gasteiger partial charge in [-0.05, 0) is 17.5 Å². The number of carbonyl (C=O) groups excluding carboxylic acids is 1. The molecule has 0 saturated carbocycles. The van der Waals surface area contributed by atoms with E-state index in [9.17, 15) is 19.5 Å². The van der Waals surface area contributed by atoms with Crippen LogP contribution in [0.4, 0.5) is 0 Å². The zero-order valence-electron chi connectivity index (χ0n) is 17.6. The average molecular weight is 440 g/mol. The number of fused-ring (bicyclic) bond motifs is 1. The number of esters is 1. The maximum atomic E-state index is 12.9. The highest BCUT2D eigenvalue weighted by atomic mass is 16.5. The molecule has 0 amide bonds. The molecule has 1 atom stereocenters. The van der Waals surface area contributed by atoms with Crippen LogP contribution in [0.15, 0.2) is 50.4 Å². The summed E-state index contributed by atoms with van der Waals surface area (Å²) >= 11 is 0. The fourth-order valence-electron chi connectivity index (χ4n) is 3.87. The summed E-state index contributed by atoms with van der Waals surface area (Å²) in [6, 6.07) is 10.1. The van der Waals surface area contributed by atoms with Crippen LogP contribution in [0.3, 0.4) is 0 Å². The summed E-state index contributed by atoms with van der Waals surface area (Å²) in [4.78, 5) is 42.4. The van der Waals surface area contributed by atoms with Gasteiger partial charge in [0, 0.05) is 30.2 Å². The largest absolute Gasteiger partial charge is 0.502 e. The number of nitrogens with one attached hydrogen (secondary N) is 1. The van der Waals surface area contributed by atoms with Gasteiger partial charge >= 0.3 is 5.97 Å². The third-order valence-corrected chi connectivity index (χ3v) is 5.56. The van der Waals surface area contributed by atoms with Crippen molar-refractivity contribution in [3.05, 3.63) is 74.1 Å². The summed E-state index contributed by atoms with van der Waals surface area (Å²) in [5.74, 6) is -2.04.